The highest BCUT2D eigenvalue weighted by Gasteiger charge is 2.33. The number of amides is 1. The first-order valence-corrected chi connectivity index (χ1v) is 10.2. The topological polar surface area (TPSA) is 95.6 Å². The maximum absolute atomic E-state index is 12.5. The average molecular weight is 421 g/mol. The molecular formula is C17H27F3N6OS. The van der Waals surface area contributed by atoms with Crippen molar-refractivity contribution in [1.29, 1.82) is 0 Å². The Balaban J connectivity index is 1.62. The van der Waals surface area contributed by atoms with Gasteiger partial charge in [0.25, 0.3) is 0 Å². The van der Waals surface area contributed by atoms with Gasteiger partial charge in [-0.05, 0) is 32.4 Å². The van der Waals surface area contributed by atoms with Gasteiger partial charge in [-0.3, -0.25) is 9.79 Å². The van der Waals surface area contributed by atoms with Gasteiger partial charge in [0.05, 0.1) is 10.9 Å². The summed E-state index contributed by atoms with van der Waals surface area (Å²) in [5.41, 5.74) is 4.55. The Morgan fingerprint density at radius 2 is 2.18 bits per heavy atom. The second-order valence-electron chi connectivity index (χ2n) is 6.70. The summed E-state index contributed by atoms with van der Waals surface area (Å²) in [5.74, 6) is 0.316. The fourth-order valence-corrected chi connectivity index (χ4v) is 3.87. The molecule has 4 N–H and O–H groups in total. The zero-order valence-corrected chi connectivity index (χ0v) is 16.7. The van der Waals surface area contributed by atoms with Crippen LogP contribution in [0.15, 0.2) is 10.4 Å². The maximum atomic E-state index is 12.5. The second kappa shape index (κ2) is 10.6. The largest absolute Gasteiger partial charge is 0.434 e. The van der Waals surface area contributed by atoms with E-state index in [0.717, 1.165) is 55.6 Å². The number of piperidine rings is 1. The van der Waals surface area contributed by atoms with Crippen LogP contribution >= 0.6 is 11.3 Å². The Bertz CT molecular complexity index is 664. The Kier molecular flexibility index (Phi) is 8.49. The molecule has 1 aliphatic heterocycles. The highest BCUT2D eigenvalue weighted by atomic mass is 32.1. The van der Waals surface area contributed by atoms with E-state index in [1.807, 2.05) is 0 Å². The SMILES string of the molecule is CN=C(NCCCN1CCCC(C(N)=O)C1)NCCc1nc(C(F)(F)F)cs1. The maximum Gasteiger partial charge on any atom is 0.434 e. The number of aromatic nitrogens is 1. The quantitative estimate of drug-likeness (QED) is 0.336. The lowest BCUT2D eigenvalue weighted by molar-refractivity contribution is -0.140. The van der Waals surface area contributed by atoms with E-state index in [-0.39, 0.29) is 11.8 Å². The minimum atomic E-state index is -4.40. The third-order valence-electron chi connectivity index (χ3n) is 4.55. The van der Waals surface area contributed by atoms with Gasteiger partial charge >= 0.3 is 6.18 Å². The summed E-state index contributed by atoms with van der Waals surface area (Å²) in [6.07, 6.45) is -1.27. The van der Waals surface area contributed by atoms with Gasteiger partial charge in [0, 0.05) is 38.5 Å². The van der Waals surface area contributed by atoms with Crippen molar-refractivity contribution >= 4 is 23.2 Å². The monoisotopic (exact) mass is 420 g/mol. The van der Waals surface area contributed by atoms with Gasteiger partial charge in [0.1, 0.15) is 0 Å². The molecule has 0 aromatic carbocycles. The summed E-state index contributed by atoms with van der Waals surface area (Å²) < 4.78 is 37.6. The predicted molar refractivity (Wildman–Crippen MR) is 103 cm³/mol. The highest BCUT2D eigenvalue weighted by molar-refractivity contribution is 7.09. The number of guanidine groups is 1. The third kappa shape index (κ3) is 7.27. The van der Waals surface area contributed by atoms with Gasteiger partial charge in [-0.15, -0.1) is 11.3 Å². The van der Waals surface area contributed by atoms with E-state index in [2.05, 4.69) is 25.5 Å². The molecule has 1 aromatic heterocycles. The van der Waals surface area contributed by atoms with E-state index >= 15 is 0 Å². The number of thiazole rings is 1. The molecule has 0 radical (unpaired) electrons. The lowest BCUT2D eigenvalue weighted by Crippen LogP contribution is -2.43. The number of aliphatic imine (C=N–C) groups is 1. The van der Waals surface area contributed by atoms with Crippen LogP contribution in [0.4, 0.5) is 13.2 Å². The van der Waals surface area contributed by atoms with Crippen molar-refractivity contribution in [2.45, 2.75) is 31.9 Å². The van der Waals surface area contributed by atoms with Crippen LogP contribution in [0.25, 0.3) is 0 Å². The number of alkyl halides is 3. The van der Waals surface area contributed by atoms with Gasteiger partial charge in [0.15, 0.2) is 11.7 Å². The first-order valence-electron chi connectivity index (χ1n) is 9.27. The van der Waals surface area contributed by atoms with Crippen LogP contribution in [0.2, 0.25) is 0 Å². The van der Waals surface area contributed by atoms with Crippen molar-refractivity contribution in [3.05, 3.63) is 16.1 Å². The summed E-state index contributed by atoms with van der Waals surface area (Å²) in [6, 6.07) is 0. The van der Waals surface area contributed by atoms with Gasteiger partial charge in [-0.1, -0.05) is 0 Å². The molecule has 11 heteroatoms. The van der Waals surface area contributed by atoms with Crippen molar-refractivity contribution in [3.63, 3.8) is 0 Å². The molecule has 1 aliphatic rings. The zero-order chi connectivity index (χ0) is 20.6. The Morgan fingerprint density at radius 3 is 2.82 bits per heavy atom. The number of nitrogens with zero attached hydrogens (tertiary/aromatic N) is 3. The number of likely N-dealkylation sites (tertiary alicyclic amines) is 1. The Hall–Kier alpha value is -1.88. The van der Waals surface area contributed by atoms with Gasteiger partial charge in [-0.25, -0.2) is 4.98 Å². The van der Waals surface area contributed by atoms with Gasteiger partial charge < -0.3 is 21.3 Å². The average Bonchev–Trinajstić information content (AvgIpc) is 3.13. The standard InChI is InChI=1S/C17H27F3N6OS/c1-22-16(24-7-5-14-25-13(11-28-14)17(18,19)20)23-6-3-9-26-8-2-4-12(10-26)15(21)27/h11-12H,2-10H2,1H3,(H2,21,27)(H2,22,23,24). The van der Waals surface area contributed by atoms with Crippen LogP contribution in [0.3, 0.4) is 0 Å². The molecule has 0 saturated carbocycles. The number of hydrogen-bond acceptors (Lipinski definition) is 5. The molecule has 1 unspecified atom stereocenters. The van der Waals surface area contributed by atoms with Crippen LogP contribution in [0, 0.1) is 5.92 Å². The highest BCUT2D eigenvalue weighted by Crippen LogP contribution is 2.30. The summed E-state index contributed by atoms with van der Waals surface area (Å²) in [4.78, 5) is 21.3. The summed E-state index contributed by atoms with van der Waals surface area (Å²) in [7, 11) is 1.64. The molecule has 0 aliphatic carbocycles. The number of carbonyl (C=O) groups excluding carboxylic acids is 1. The fraction of sp³-hybridized carbons (Fsp3) is 0.706. The minimum absolute atomic E-state index is 0.0557. The van der Waals surface area contributed by atoms with Crippen LogP contribution < -0.4 is 16.4 Å². The van der Waals surface area contributed by atoms with Crippen LogP contribution in [-0.2, 0) is 17.4 Å². The summed E-state index contributed by atoms with van der Waals surface area (Å²) in [5, 5.41) is 7.73. The first-order chi connectivity index (χ1) is 13.3. The van der Waals surface area contributed by atoms with E-state index in [1.165, 1.54) is 0 Å². The molecule has 0 spiro atoms. The number of nitrogens with two attached hydrogens (primary N) is 1. The lowest BCUT2D eigenvalue weighted by Gasteiger charge is -2.31. The van der Waals surface area contributed by atoms with E-state index in [0.29, 0.717) is 30.5 Å². The molecule has 158 valence electrons. The molecule has 1 amide bonds. The molecule has 2 rings (SSSR count). The fourth-order valence-electron chi connectivity index (χ4n) is 3.06. The first kappa shape index (κ1) is 22.4. The van der Waals surface area contributed by atoms with Crippen molar-refractivity contribution in [2.75, 3.05) is 39.8 Å². The number of carbonyl (C=O) groups is 1. The molecule has 7 nitrogen and oxygen atoms in total. The van der Waals surface area contributed by atoms with Gasteiger partial charge in [0.2, 0.25) is 5.91 Å². The number of primary amides is 1. The lowest BCUT2D eigenvalue weighted by atomic mass is 9.97. The molecule has 1 atom stereocenters. The second-order valence-corrected chi connectivity index (χ2v) is 7.64. The number of halogens is 3. The van der Waals surface area contributed by atoms with E-state index in [4.69, 9.17) is 5.73 Å². The van der Waals surface area contributed by atoms with E-state index in [9.17, 15) is 18.0 Å². The van der Waals surface area contributed by atoms with Crippen molar-refractivity contribution in [2.24, 2.45) is 16.6 Å². The molecule has 0 bridgehead atoms. The predicted octanol–water partition coefficient (Wildman–Crippen LogP) is 1.46. The van der Waals surface area contributed by atoms with Crippen molar-refractivity contribution < 1.29 is 18.0 Å². The van der Waals surface area contributed by atoms with Crippen molar-refractivity contribution in [3.8, 4) is 0 Å². The number of nitrogens with one attached hydrogen (secondary N) is 2. The Morgan fingerprint density at radius 1 is 1.43 bits per heavy atom. The molecule has 1 fully saturated rings. The number of rotatable bonds is 8. The zero-order valence-electron chi connectivity index (χ0n) is 15.9. The smallest absolute Gasteiger partial charge is 0.369 e. The molecule has 1 saturated heterocycles. The van der Waals surface area contributed by atoms with Crippen molar-refractivity contribution in [1.82, 2.24) is 20.5 Å². The van der Waals surface area contributed by atoms with Crippen LogP contribution in [-0.4, -0.2) is 61.5 Å². The number of hydrogen-bond donors (Lipinski definition) is 3. The van der Waals surface area contributed by atoms with Gasteiger partial charge in [-0.2, -0.15) is 13.2 Å². The van der Waals surface area contributed by atoms with E-state index < -0.39 is 11.9 Å². The summed E-state index contributed by atoms with van der Waals surface area (Å²) in [6.45, 7) is 3.71. The molecular weight excluding hydrogens is 393 g/mol. The van der Waals surface area contributed by atoms with E-state index in [1.54, 1.807) is 7.05 Å². The minimum Gasteiger partial charge on any atom is -0.369 e. The molecule has 2 heterocycles. The summed E-state index contributed by atoms with van der Waals surface area (Å²) >= 11 is 1.01. The normalized spacial score (nSPS) is 18.9. The molecule has 1 aromatic rings. The molecule has 28 heavy (non-hydrogen) atoms. The third-order valence-corrected chi connectivity index (χ3v) is 5.46. The Labute approximate surface area is 166 Å². The van der Waals surface area contributed by atoms with Crippen LogP contribution in [0.5, 0.6) is 0 Å². The van der Waals surface area contributed by atoms with Crippen LogP contribution in [0.1, 0.15) is 30.0 Å².